The Hall–Kier alpha value is -1.66. The summed E-state index contributed by atoms with van der Waals surface area (Å²) in [5.74, 6) is 0.655. The molecular formula is C13H20N4O2. The molecule has 1 N–H and O–H groups in total. The molecule has 0 aliphatic heterocycles. The van der Waals surface area contributed by atoms with Gasteiger partial charge in [-0.15, -0.1) is 5.10 Å². The predicted octanol–water partition coefficient (Wildman–Crippen LogP) is 1.50. The van der Waals surface area contributed by atoms with Gasteiger partial charge in [-0.2, -0.15) is 4.98 Å². The van der Waals surface area contributed by atoms with Crippen LogP contribution in [0.3, 0.4) is 0 Å². The minimum atomic E-state index is 0.640. The lowest BCUT2D eigenvalue weighted by Crippen LogP contribution is -2.09. The number of fused-ring (bicyclic) bond motifs is 1. The number of hydrogen-bond acceptors (Lipinski definition) is 5. The largest absolute Gasteiger partial charge is 0.382 e. The first-order chi connectivity index (χ1) is 9.29. The second-order valence-corrected chi connectivity index (χ2v) is 4.33. The molecule has 6 nitrogen and oxygen atoms in total. The normalized spacial score (nSPS) is 11.1. The van der Waals surface area contributed by atoms with Crippen molar-refractivity contribution < 1.29 is 9.47 Å². The van der Waals surface area contributed by atoms with Gasteiger partial charge >= 0.3 is 0 Å². The number of aryl methyl sites for hydroxylation is 1. The lowest BCUT2D eigenvalue weighted by atomic mass is 10.3. The molecule has 0 aliphatic carbocycles. The second kappa shape index (κ2) is 7.06. The zero-order valence-corrected chi connectivity index (χ0v) is 11.4. The SMILES string of the molecule is COCCOCCCNc1nc2ccc(C)cn2n1. The van der Waals surface area contributed by atoms with Gasteiger partial charge in [-0.1, -0.05) is 6.07 Å². The number of rotatable bonds is 8. The van der Waals surface area contributed by atoms with Crippen molar-refractivity contribution in [3.05, 3.63) is 23.9 Å². The van der Waals surface area contributed by atoms with Crippen LogP contribution in [0.1, 0.15) is 12.0 Å². The van der Waals surface area contributed by atoms with Crippen LogP contribution < -0.4 is 5.32 Å². The maximum absolute atomic E-state index is 5.38. The molecule has 0 unspecified atom stereocenters. The Morgan fingerprint density at radius 3 is 3.00 bits per heavy atom. The second-order valence-electron chi connectivity index (χ2n) is 4.33. The van der Waals surface area contributed by atoms with Crippen LogP contribution in [0.25, 0.3) is 5.65 Å². The summed E-state index contributed by atoms with van der Waals surface area (Å²) >= 11 is 0. The molecule has 2 aromatic heterocycles. The predicted molar refractivity (Wildman–Crippen MR) is 73.5 cm³/mol. The van der Waals surface area contributed by atoms with E-state index in [2.05, 4.69) is 15.4 Å². The number of methoxy groups -OCH3 is 1. The molecular weight excluding hydrogens is 244 g/mol. The zero-order valence-electron chi connectivity index (χ0n) is 11.4. The van der Waals surface area contributed by atoms with E-state index >= 15 is 0 Å². The van der Waals surface area contributed by atoms with Crippen LogP contribution in [0.2, 0.25) is 0 Å². The minimum absolute atomic E-state index is 0.640. The van der Waals surface area contributed by atoms with Crippen LogP contribution in [0.15, 0.2) is 18.3 Å². The van der Waals surface area contributed by atoms with Crippen LogP contribution in [-0.2, 0) is 9.47 Å². The first kappa shape index (κ1) is 13.8. The average Bonchev–Trinajstić information content (AvgIpc) is 2.79. The zero-order chi connectivity index (χ0) is 13.5. The first-order valence-electron chi connectivity index (χ1n) is 6.43. The molecule has 0 amide bonds. The fourth-order valence-electron chi connectivity index (χ4n) is 1.68. The molecule has 2 heterocycles. The van der Waals surface area contributed by atoms with E-state index in [1.807, 2.05) is 25.3 Å². The van der Waals surface area contributed by atoms with Crippen molar-refractivity contribution >= 4 is 11.6 Å². The third-order valence-electron chi connectivity index (χ3n) is 2.66. The summed E-state index contributed by atoms with van der Waals surface area (Å²) in [5.41, 5.74) is 2.01. The van der Waals surface area contributed by atoms with Gasteiger partial charge in [0.05, 0.1) is 13.2 Å². The lowest BCUT2D eigenvalue weighted by molar-refractivity contribution is 0.0705. The number of nitrogens with zero attached hydrogens (tertiary/aromatic N) is 3. The molecule has 0 bridgehead atoms. The molecule has 6 heteroatoms. The molecule has 0 aromatic carbocycles. The fraction of sp³-hybridized carbons (Fsp3) is 0.538. The summed E-state index contributed by atoms with van der Waals surface area (Å²) in [6, 6.07) is 3.98. The first-order valence-corrected chi connectivity index (χ1v) is 6.43. The summed E-state index contributed by atoms with van der Waals surface area (Å²) in [6.45, 7) is 4.82. The third-order valence-corrected chi connectivity index (χ3v) is 2.66. The van der Waals surface area contributed by atoms with Gasteiger partial charge in [0.15, 0.2) is 5.65 Å². The van der Waals surface area contributed by atoms with Crippen LogP contribution in [0, 0.1) is 6.92 Å². The van der Waals surface area contributed by atoms with Crippen molar-refractivity contribution in [3.8, 4) is 0 Å². The third kappa shape index (κ3) is 4.18. The highest BCUT2D eigenvalue weighted by molar-refractivity contribution is 5.43. The molecule has 0 atom stereocenters. The van der Waals surface area contributed by atoms with Crippen molar-refractivity contribution in [2.45, 2.75) is 13.3 Å². The fourth-order valence-corrected chi connectivity index (χ4v) is 1.68. The molecule has 2 rings (SSSR count). The van der Waals surface area contributed by atoms with Gasteiger partial charge in [0.25, 0.3) is 0 Å². The van der Waals surface area contributed by atoms with E-state index in [9.17, 15) is 0 Å². The molecule has 0 saturated carbocycles. The highest BCUT2D eigenvalue weighted by Gasteiger charge is 2.02. The molecule has 0 aliphatic rings. The molecule has 0 radical (unpaired) electrons. The van der Waals surface area contributed by atoms with Crippen molar-refractivity contribution in [1.29, 1.82) is 0 Å². The van der Waals surface area contributed by atoms with Gasteiger partial charge in [-0.05, 0) is 25.0 Å². The van der Waals surface area contributed by atoms with E-state index in [-0.39, 0.29) is 0 Å². The van der Waals surface area contributed by atoms with E-state index in [0.29, 0.717) is 25.8 Å². The van der Waals surface area contributed by atoms with Crippen molar-refractivity contribution in [2.24, 2.45) is 0 Å². The number of ether oxygens (including phenoxy) is 2. The number of pyridine rings is 1. The number of aromatic nitrogens is 3. The number of anilines is 1. The van der Waals surface area contributed by atoms with Gasteiger partial charge in [0.1, 0.15) is 0 Å². The van der Waals surface area contributed by atoms with Crippen LogP contribution in [0.5, 0.6) is 0 Å². The molecule has 0 spiro atoms. The van der Waals surface area contributed by atoms with E-state index in [4.69, 9.17) is 9.47 Å². The molecule has 2 aromatic rings. The van der Waals surface area contributed by atoms with Crippen LogP contribution in [0.4, 0.5) is 5.95 Å². The Balaban J connectivity index is 1.72. The Kier molecular flexibility index (Phi) is 5.11. The topological polar surface area (TPSA) is 60.7 Å². The van der Waals surface area contributed by atoms with Gasteiger partial charge in [-0.3, -0.25) is 0 Å². The summed E-state index contributed by atoms with van der Waals surface area (Å²) in [7, 11) is 1.67. The van der Waals surface area contributed by atoms with Gasteiger partial charge in [-0.25, -0.2) is 4.52 Å². The molecule has 19 heavy (non-hydrogen) atoms. The van der Waals surface area contributed by atoms with Crippen molar-refractivity contribution in [3.63, 3.8) is 0 Å². The number of hydrogen-bond donors (Lipinski definition) is 1. The van der Waals surface area contributed by atoms with Crippen molar-refractivity contribution in [1.82, 2.24) is 14.6 Å². The van der Waals surface area contributed by atoms with Gasteiger partial charge in [0.2, 0.25) is 5.95 Å². The van der Waals surface area contributed by atoms with Crippen LogP contribution in [-0.4, -0.2) is 48.1 Å². The van der Waals surface area contributed by atoms with E-state index in [1.165, 1.54) is 0 Å². The lowest BCUT2D eigenvalue weighted by Gasteiger charge is -2.03. The Labute approximate surface area is 112 Å². The summed E-state index contributed by atoms with van der Waals surface area (Å²) in [5, 5.41) is 7.54. The maximum Gasteiger partial charge on any atom is 0.243 e. The Bertz CT molecular complexity index is 512. The summed E-state index contributed by atoms with van der Waals surface area (Å²) in [6.07, 6.45) is 2.87. The van der Waals surface area contributed by atoms with Crippen molar-refractivity contribution in [2.75, 3.05) is 38.8 Å². The summed E-state index contributed by atoms with van der Waals surface area (Å²) < 4.78 is 12.1. The van der Waals surface area contributed by atoms with E-state index in [0.717, 1.165) is 24.2 Å². The smallest absolute Gasteiger partial charge is 0.243 e. The highest BCUT2D eigenvalue weighted by Crippen LogP contribution is 2.06. The monoisotopic (exact) mass is 264 g/mol. The van der Waals surface area contributed by atoms with Gasteiger partial charge in [0, 0.05) is 26.5 Å². The Morgan fingerprint density at radius 2 is 2.16 bits per heavy atom. The maximum atomic E-state index is 5.38. The Morgan fingerprint density at radius 1 is 1.26 bits per heavy atom. The average molecular weight is 264 g/mol. The summed E-state index contributed by atoms with van der Waals surface area (Å²) in [4.78, 5) is 4.38. The van der Waals surface area contributed by atoms with Gasteiger partial charge < -0.3 is 14.8 Å². The highest BCUT2D eigenvalue weighted by atomic mass is 16.5. The number of nitrogens with one attached hydrogen (secondary N) is 1. The quantitative estimate of drug-likeness (QED) is 0.732. The van der Waals surface area contributed by atoms with E-state index < -0.39 is 0 Å². The standard InChI is InChI=1S/C13H20N4O2/c1-11-4-5-12-15-13(16-17(12)10-11)14-6-3-7-19-9-8-18-2/h4-5,10H,3,6-9H2,1-2H3,(H,14,16). The minimum Gasteiger partial charge on any atom is -0.382 e. The van der Waals surface area contributed by atoms with E-state index in [1.54, 1.807) is 11.6 Å². The molecule has 104 valence electrons. The molecule has 0 saturated heterocycles. The molecule has 0 fully saturated rings. The van der Waals surface area contributed by atoms with Crippen LogP contribution >= 0.6 is 0 Å².